The van der Waals surface area contributed by atoms with Crippen LogP contribution in [0.1, 0.15) is 34.3 Å². The highest BCUT2D eigenvalue weighted by Crippen LogP contribution is 2.21. The zero-order valence-corrected chi connectivity index (χ0v) is 14.7. The Kier molecular flexibility index (Phi) is 5.82. The van der Waals surface area contributed by atoms with Gasteiger partial charge < -0.3 is 9.64 Å². The van der Waals surface area contributed by atoms with Crippen molar-refractivity contribution in [1.29, 1.82) is 5.26 Å². The molecular formula is C21H19FN2O3. The van der Waals surface area contributed by atoms with E-state index in [2.05, 4.69) is 6.07 Å². The zero-order valence-electron chi connectivity index (χ0n) is 14.7. The number of benzene rings is 2. The number of nitriles is 1. The van der Waals surface area contributed by atoms with Crippen molar-refractivity contribution in [2.75, 3.05) is 13.1 Å². The summed E-state index contributed by atoms with van der Waals surface area (Å²) in [6.45, 7) is 0.965. The number of rotatable bonds is 4. The minimum absolute atomic E-state index is 0.0668. The maximum Gasteiger partial charge on any atom is 0.309 e. The van der Waals surface area contributed by atoms with Gasteiger partial charge in [0.1, 0.15) is 12.4 Å². The number of nitrogens with zero attached hydrogens (tertiary/aromatic N) is 2. The SMILES string of the molecule is N#Cc1ccccc1COC(=O)C1CCN(C(=O)c2ccc(F)cc2)CC1. The van der Waals surface area contributed by atoms with Gasteiger partial charge in [0.15, 0.2) is 0 Å². The number of hydrogen-bond donors (Lipinski definition) is 0. The Morgan fingerprint density at radius 3 is 2.44 bits per heavy atom. The quantitative estimate of drug-likeness (QED) is 0.779. The number of piperidine rings is 1. The van der Waals surface area contributed by atoms with Crippen molar-refractivity contribution in [2.45, 2.75) is 19.4 Å². The van der Waals surface area contributed by atoms with Gasteiger partial charge in [-0.05, 0) is 43.2 Å². The summed E-state index contributed by atoms with van der Waals surface area (Å²) in [7, 11) is 0. The van der Waals surface area contributed by atoms with Crippen LogP contribution in [0, 0.1) is 23.1 Å². The molecule has 1 aliphatic heterocycles. The highest BCUT2D eigenvalue weighted by atomic mass is 19.1. The predicted molar refractivity (Wildman–Crippen MR) is 96.0 cm³/mol. The van der Waals surface area contributed by atoms with Crippen LogP contribution in [0.3, 0.4) is 0 Å². The fourth-order valence-corrected chi connectivity index (χ4v) is 3.12. The van der Waals surface area contributed by atoms with Gasteiger partial charge in [0, 0.05) is 24.2 Å². The van der Waals surface area contributed by atoms with Crippen molar-refractivity contribution in [1.82, 2.24) is 4.90 Å². The van der Waals surface area contributed by atoms with E-state index in [1.54, 1.807) is 29.2 Å². The molecule has 5 nitrogen and oxygen atoms in total. The van der Waals surface area contributed by atoms with E-state index in [1.807, 2.05) is 0 Å². The summed E-state index contributed by atoms with van der Waals surface area (Å²) in [6.07, 6.45) is 1.04. The van der Waals surface area contributed by atoms with E-state index in [4.69, 9.17) is 10.00 Å². The molecule has 1 saturated heterocycles. The molecule has 0 unspecified atom stereocenters. The summed E-state index contributed by atoms with van der Waals surface area (Å²) in [4.78, 5) is 26.4. The Bertz CT molecular complexity index is 866. The molecule has 0 spiro atoms. The maximum atomic E-state index is 13.0. The molecule has 2 aromatic carbocycles. The molecule has 138 valence electrons. The number of ether oxygens (including phenoxy) is 1. The fraction of sp³-hybridized carbons (Fsp3) is 0.286. The van der Waals surface area contributed by atoms with Gasteiger partial charge >= 0.3 is 5.97 Å². The highest BCUT2D eigenvalue weighted by Gasteiger charge is 2.29. The lowest BCUT2D eigenvalue weighted by molar-refractivity contribution is -0.151. The van der Waals surface area contributed by atoms with Crippen LogP contribution in [0.5, 0.6) is 0 Å². The van der Waals surface area contributed by atoms with E-state index < -0.39 is 0 Å². The molecule has 1 aliphatic rings. The molecule has 6 heteroatoms. The number of carbonyl (C=O) groups excluding carboxylic acids is 2. The number of amides is 1. The van der Waals surface area contributed by atoms with Crippen molar-refractivity contribution in [3.05, 3.63) is 71.0 Å². The number of likely N-dealkylation sites (tertiary alicyclic amines) is 1. The summed E-state index contributed by atoms with van der Waals surface area (Å²) < 4.78 is 18.3. The van der Waals surface area contributed by atoms with Gasteiger partial charge in [0.2, 0.25) is 0 Å². The van der Waals surface area contributed by atoms with Crippen LogP contribution in [0.15, 0.2) is 48.5 Å². The molecule has 1 amide bonds. The minimum Gasteiger partial charge on any atom is -0.461 e. The van der Waals surface area contributed by atoms with Crippen molar-refractivity contribution < 1.29 is 18.7 Å². The van der Waals surface area contributed by atoms with Crippen molar-refractivity contribution in [3.63, 3.8) is 0 Å². The Balaban J connectivity index is 1.51. The van der Waals surface area contributed by atoms with E-state index in [-0.39, 0.29) is 30.2 Å². The lowest BCUT2D eigenvalue weighted by Gasteiger charge is -2.31. The summed E-state index contributed by atoms with van der Waals surface area (Å²) >= 11 is 0. The van der Waals surface area contributed by atoms with Crippen molar-refractivity contribution in [3.8, 4) is 6.07 Å². The molecule has 0 N–H and O–H groups in total. The van der Waals surface area contributed by atoms with Crippen LogP contribution < -0.4 is 0 Å². The third-order valence-electron chi connectivity index (χ3n) is 4.71. The number of esters is 1. The van der Waals surface area contributed by atoms with Gasteiger partial charge in [-0.1, -0.05) is 18.2 Å². The first-order valence-electron chi connectivity index (χ1n) is 8.78. The lowest BCUT2D eigenvalue weighted by Crippen LogP contribution is -2.40. The third-order valence-corrected chi connectivity index (χ3v) is 4.71. The van der Waals surface area contributed by atoms with Crippen molar-refractivity contribution in [2.24, 2.45) is 5.92 Å². The summed E-state index contributed by atoms with van der Waals surface area (Å²) in [5.41, 5.74) is 1.60. The number of halogens is 1. The van der Waals surface area contributed by atoms with Crippen LogP contribution in [-0.4, -0.2) is 29.9 Å². The Labute approximate surface area is 157 Å². The van der Waals surface area contributed by atoms with Crippen LogP contribution in [-0.2, 0) is 16.1 Å². The smallest absolute Gasteiger partial charge is 0.309 e. The molecule has 2 aromatic rings. The van der Waals surface area contributed by atoms with Gasteiger partial charge in [0.05, 0.1) is 17.6 Å². The molecule has 1 heterocycles. The molecular weight excluding hydrogens is 347 g/mol. The van der Waals surface area contributed by atoms with Gasteiger partial charge in [0.25, 0.3) is 5.91 Å². The molecule has 0 radical (unpaired) electrons. The van der Waals surface area contributed by atoms with Crippen molar-refractivity contribution >= 4 is 11.9 Å². The average molecular weight is 366 g/mol. The van der Waals surface area contributed by atoms with Gasteiger partial charge in [-0.15, -0.1) is 0 Å². The second-order valence-corrected chi connectivity index (χ2v) is 6.45. The molecule has 0 aromatic heterocycles. The Morgan fingerprint density at radius 2 is 1.78 bits per heavy atom. The van der Waals surface area contributed by atoms with Gasteiger partial charge in [-0.3, -0.25) is 9.59 Å². The minimum atomic E-state index is -0.383. The molecule has 3 rings (SSSR count). The number of carbonyl (C=O) groups is 2. The van der Waals surface area contributed by atoms with Crippen LogP contribution in [0.2, 0.25) is 0 Å². The highest BCUT2D eigenvalue weighted by molar-refractivity contribution is 5.94. The zero-order chi connectivity index (χ0) is 19.2. The summed E-state index contributed by atoms with van der Waals surface area (Å²) in [5.74, 6) is -1.12. The second-order valence-electron chi connectivity index (χ2n) is 6.45. The fourth-order valence-electron chi connectivity index (χ4n) is 3.12. The molecule has 0 aliphatic carbocycles. The van der Waals surface area contributed by atoms with E-state index in [9.17, 15) is 14.0 Å². The molecule has 0 bridgehead atoms. The molecule has 1 fully saturated rings. The summed E-state index contributed by atoms with van der Waals surface area (Å²) in [6, 6.07) is 14.5. The third kappa shape index (κ3) is 4.50. The van der Waals surface area contributed by atoms with Gasteiger partial charge in [-0.2, -0.15) is 5.26 Å². The maximum absolute atomic E-state index is 13.0. The predicted octanol–water partition coefficient (Wildman–Crippen LogP) is 3.29. The number of hydrogen-bond acceptors (Lipinski definition) is 4. The Hall–Kier alpha value is -3.20. The van der Waals surface area contributed by atoms with E-state index in [0.717, 1.165) is 0 Å². The first kappa shape index (κ1) is 18.6. The topological polar surface area (TPSA) is 70.4 Å². The first-order chi connectivity index (χ1) is 13.1. The monoisotopic (exact) mass is 366 g/mol. The van der Waals surface area contributed by atoms with E-state index in [0.29, 0.717) is 42.6 Å². The second kappa shape index (κ2) is 8.45. The Morgan fingerprint density at radius 1 is 1.11 bits per heavy atom. The van der Waals surface area contributed by atoms with E-state index >= 15 is 0 Å². The summed E-state index contributed by atoms with van der Waals surface area (Å²) in [5, 5.41) is 9.07. The molecule has 27 heavy (non-hydrogen) atoms. The van der Waals surface area contributed by atoms with Crippen LogP contribution in [0.4, 0.5) is 4.39 Å². The van der Waals surface area contributed by atoms with E-state index in [1.165, 1.54) is 24.3 Å². The van der Waals surface area contributed by atoms with Gasteiger partial charge in [-0.25, -0.2) is 4.39 Å². The normalized spacial score (nSPS) is 14.4. The van der Waals surface area contributed by atoms with Crippen LogP contribution >= 0.6 is 0 Å². The molecule has 0 atom stereocenters. The standard InChI is InChI=1S/C21H19FN2O3/c22-19-7-5-15(6-8-19)20(25)24-11-9-16(10-12-24)21(26)27-14-18-4-2-1-3-17(18)13-23/h1-8,16H,9-12,14H2. The van der Waals surface area contributed by atoms with Crippen LogP contribution in [0.25, 0.3) is 0 Å². The lowest BCUT2D eigenvalue weighted by atomic mass is 9.96. The molecule has 0 saturated carbocycles. The average Bonchev–Trinajstić information content (AvgIpc) is 2.72. The largest absolute Gasteiger partial charge is 0.461 e. The first-order valence-corrected chi connectivity index (χ1v) is 8.78.